The lowest BCUT2D eigenvalue weighted by atomic mass is 10.1. The summed E-state index contributed by atoms with van der Waals surface area (Å²) >= 11 is 0. The van der Waals surface area contributed by atoms with Gasteiger partial charge in [-0.25, -0.2) is 4.79 Å². The number of benzene rings is 1. The zero-order valence-corrected chi connectivity index (χ0v) is 10.7. The van der Waals surface area contributed by atoms with E-state index in [4.69, 9.17) is 10.2 Å². The molecule has 1 unspecified atom stereocenters. The second kappa shape index (κ2) is 5.42. The molecule has 1 atom stereocenters. The summed E-state index contributed by atoms with van der Waals surface area (Å²) in [4.78, 5) is 11.0. The standard InChI is InChI=1S/C14H17NO4/c1-9(17)12-8-15(5-2-6-16)13-7-10(14(18)19)3-4-11(12)13/h3-4,7-9,16-17H,2,5-6H2,1H3,(H,18,19). The Labute approximate surface area is 110 Å². The molecule has 0 fully saturated rings. The van der Waals surface area contributed by atoms with Crippen LogP contribution in [-0.4, -0.2) is 32.5 Å². The van der Waals surface area contributed by atoms with Crippen molar-refractivity contribution in [2.75, 3.05) is 6.61 Å². The van der Waals surface area contributed by atoms with Gasteiger partial charge in [-0.05, 0) is 25.5 Å². The number of hydrogen-bond donors (Lipinski definition) is 3. The first-order valence-electron chi connectivity index (χ1n) is 6.19. The minimum absolute atomic E-state index is 0.0717. The minimum Gasteiger partial charge on any atom is -0.478 e. The predicted octanol–water partition coefficient (Wildman–Crippen LogP) is 1.78. The van der Waals surface area contributed by atoms with Crippen molar-refractivity contribution in [2.24, 2.45) is 0 Å². The lowest BCUT2D eigenvalue weighted by Gasteiger charge is -2.04. The topological polar surface area (TPSA) is 82.7 Å². The SMILES string of the molecule is CC(O)c1cn(CCCO)c2cc(C(=O)O)ccc12. The van der Waals surface area contributed by atoms with Crippen LogP contribution in [0.3, 0.4) is 0 Å². The normalized spacial score (nSPS) is 12.8. The quantitative estimate of drug-likeness (QED) is 0.767. The van der Waals surface area contributed by atoms with Crippen LogP contribution in [0.25, 0.3) is 10.9 Å². The molecule has 0 saturated carbocycles. The largest absolute Gasteiger partial charge is 0.478 e. The van der Waals surface area contributed by atoms with Gasteiger partial charge in [-0.1, -0.05) is 6.07 Å². The number of hydrogen-bond acceptors (Lipinski definition) is 3. The maximum Gasteiger partial charge on any atom is 0.335 e. The Bertz CT molecular complexity index is 601. The van der Waals surface area contributed by atoms with Crippen LogP contribution < -0.4 is 0 Å². The molecular formula is C14H17NO4. The van der Waals surface area contributed by atoms with E-state index in [1.165, 1.54) is 6.07 Å². The van der Waals surface area contributed by atoms with Gasteiger partial charge in [-0.2, -0.15) is 0 Å². The molecule has 0 spiro atoms. The summed E-state index contributed by atoms with van der Waals surface area (Å²) < 4.78 is 1.88. The second-order valence-corrected chi connectivity index (χ2v) is 4.57. The van der Waals surface area contributed by atoms with E-state index >= 15 is 0 Å². The van der Waals surface area contributed by atoms with Crippen LogP contribution in [0, 0.1) is 0 Å². The number of aliphatic hydroxyl groups excluding tert-OH is 2. The van der Waals surface area contributed by atoms with Gasteiger partial charge in [0.15, 0.2) is 0 Å². The van der Waals surface area contributed by atoms with Crippen molar-refractivity contribution >= 4 is 16.9 Å². The molecule has 102 valence electrons. The van der Waals surface area contributed by atoms with Crippen molar-refractivity contribution in [1.82, 2.24) is 4.57 Å². The number of aliphatic hydroxyl groups is 2. The first-order valence-corrected chi connectivity index (χ1v) is 6.19. The van der Waals surface area contributed by atoms with Gasteiger partial charge in [0.25, 0.3) is 0 Å². The maximum atomic E-state index is 11.0. The van der Waals surface area contributed by atoms with Crippen LogP contribution in [0.5, 0.6) is 0 Å². The Kier molecular flexibility index (Phi) is 3.87. The number of carbonyl (C=O) groups is 1. The average Bonchev–Trinajstić information content (AvgIpc) is 2.74. The predicted molar refractivity (Wildman–Crippen MR) is 71.2 cm³/mol. The highest BCUT2D eigenvalue weighted by Gasteiger charge is 2.14. The van der Waals surface area contributed by atoms with E-state index in [9.17, 15) is 9.90 Å². The summed E-state index contributed by atoms with van der Waals surface area (Å²) in [6, 6.07) is 4.85. The van der Waals surface area contributed by atoms with Crippen LogP contribution >= 0.6 is 0 Å². The molecule has 19 heavy (non-hydrogen) atoms. The molecule has 0 aliphatic rings. The molecule has 5 heteroatoms. The first kappa shape index (κ1) is 13.6. The molecule has 0 saturated heterocycles. The smallest absolute Gasteiger partial charge is 0.335 e. The van der Waals surface area contributed by atoms with Gasteiger partial charge in [0.05, 0.1) is 11.7 Å². The third-order valence-corrected chi connectivity index (χ3v) is 3.17. The van der Waals surface area contributed by atoms with Crippen LogP contribution in [-0.2, 0) is 6.54 Å². The molecule has 0 aliphatic carbocycles. The van der Waals surface area contributed by atoms with Gasteiger partial charge in [-0.3, -0.25) is 0 Å². The summed E-state index contributed by atoms with van der Waals surface area (Å²) in [7, 11) is 0. The van der Waals surface area contributed by atoms with Crippen molar-refractivity contribution in [3.8, 4) is 0 Å². The summed E-state index contributed by atoms with van der Waals surface area (Å²) in [5.41, 5.74) is 1.75. The fourth-order valence-corrected chi connectivity index (χ4v) is 2.21. The number of fused-ring (bicyclic) bond motifs is 1. The Hall–Kier alpha value is -1.85. The van der Waals surface area contributed by atoms with E-state index in [1.54, 1.807) is 19.1 Å². The van der Waals surface area contributed by atoms with E-state index in [0.717, 1.165) is 16.5 Å². The maximum absolute atomic E-state index is 11.0. The Morgan fingerprint density at radius 2 is 2.16 bits per heavy atom. The Balaban J connectivity index is 2.58. The lowest BCUT2D eigenvalue weighted by Crippen LogP contribution is -2.00. The van der Waals surface area contributed by atoms with E-state index in [0.29, 0.717) is 13.0 Å². The highest BCUT2D eigenvalue weighted by molar-refractivity contribution is 5.94. The van der Waals surface area contributed by atoms with E-state index in [-0.39, 0.29) is 12.2 Å². The van der Waals surface area contributed by atoms with Crippen LogP contribution in [0.4, 0.5) is 0 Å². The lowest BCUT2D eigenvalue weighted by molar-refractivity contribution is 0.0697. The number of aryl methyl sites for hydroxylation is 1. The molecule has 0 aliphatic heterocycles. The number of rotatable bonds is 5. The summed E-state index contributed by atoms with van der Waals surface area (Å²) in [6.45, 7) is 2.33. The molecule has 0 bridgehead atoms. The zero-order chi connectivity index (χ0) is 14.0. The van der Waals surface area contributed by atoms with Crippen molar-refractivity contribution < 1.29 is 20.1 Å². The summed E-state index contributed by atoms with van der Waals surface area (Å²) in [6.07, 6.45) is 1.78. The molecule has 5 nitrogen and oxygen atoms in total. The van der Waals surface area contributed by atoms with Gasteiger partial charge >= 0.3 is 5.97 Å². The second-order valence-electron chi connectivity index (χ2n) is 4.57. The molecule has 3 N–H and O–H groups in total. The fourth-order valence-electron chi connectivity index (χ4n) is 2.21. The summed E-state index contributed by atoms with van der Waals surface area (Å²) in [5, 5.41) is 28.5. The van der Waals surface area contributed by atoms with E-state index in [1.807, 2.05) is 10.8 Å². The molecule has 1 aromatic heterocycles. The molecule has 0 radical (unpaired) electrons. The number of carboxylic acids is 1. The molecule has 2 rings (SSSR count). The number of aromatic nitrogens is 1. The van der Waals surface area contributed by atoms with Crippen molar-refractivity contribution in [3.63, 3.8) is 0 Å². The molecule has 0 amide bonds. The third kappa shape index (κ3) is 2.62. The van der Waals surface area contributed by atoms with Gasteiger partial charge in [0.1, 0.15) is 0 Å². The zero-order valence-electron chi connectivity index (χ0n) is 10.7. The highest BCUT2D eigenvalue weighted by Crippen LogP contribution is 2.27. The number of aromatic carboxylic acids is 1. The van der Waals surface area contributed by atoms with Crippen molar-refractivity contribution in [1.29, 1.82) is 0 Å². The molecule has 1 aromatic carbocycles. The van der Waals surface area contributed by atoms with Gasteiger partial charge in [0.2, 0.25) is 0 Å². The van der Waals surface area contributed by atoms with Crippen LogP contribution in [0.2, 0.25) is 0 Å². The van der Waals surface area contributed by atoms with E-state index < -0.39 is 12.1 Å². The van der Waals surface area contributed by atoms with Gasteiger partial charge < -0.3 is 19.9 Å². The summed E-state index contributed by atoms with van der Waals surface area (Å²) in [5.74, 6) is -0.976. The van der Waals surface area contributed by atoms with Gasteiger partial charge in [0, 0.05) is 35.8 Å². The Morgan fingerprint density at radius 1 is 1.42 bits per heavy atom. The van der Waals surface area contributed by atoms with Crippen molar-refractivity contribution in [3.05, 3.63) is 35.5 Å². The van der Waals surface area contributed by atoms with E-state index in [2.05, 4.69) is 0 Å². The first-order chi connectivity index (χ1) is 9.04. The minimum atomic E-state index is -0.976. The molecule has 2 aromatic rings. The number of nitrogens with zero attached hydrogens (tertiary/aromatic N) is 1. The fraction of sp³-hybridized carbons (Fsp3) is 0.357. The number of carboxylic acid groups (broad SMARTS) is 1. The third-order valence-electron chi connectivity index (χ3n) is 3.17. The average molecular weight is 263 g/mol. The highest BCUT2D eigenvalue weighted by atomic mass is 16.4. The van der Waals surface area contributed by atoms with Gasteiger partial charge in [-0.15, -0.1) is 0 Å². The van der Waals surface area contributed by atoms with Crippen molar-refractivity contribution in [2.45, 2.75) is 26.0 Å². The van der Waals surface area contributed by atoms with Crippen LogP contribution in [0.15, 0.2) is 24.4 Å². The monoisotopic (exact) mass is 263 g/mol. The molecule has 1 heterocycles. The Morgan fingerprint density at radius 3 is 2.74 bits per heavy atom. The molecular weight excluding hydrogens is 246 g/mol. The van der Waals surface area contributed by atoms with Crippen LogP contribution in [0.1, 0.15) is 35.4 Å².